The second kappa shape index (κ2) is 3.62. The lowest BCUT2D eigenvalue weighted by Crippen LogP contribution is -2.61. The average Bonchev–Trinajstić information content (AvgIpc) is 2.99. The number of furan rings is 1. The topological polar surface area (TPSA) is 59.4 Å². The van der Waals surface area contributed by atoms with E-state index < -0.39 is 5.60 Å². The lowest BCUT2D eigenvalue weighted by molar-refractivity contribution is -0.0421. The van der Waals surface area contributed by atoms with Crippen molar-refractivity contribution in [2.45, 2.75) is 43.1 Å². The summed E-state index contributed by atoms with van der Waals surface area (Å²) in [5.41, 5.74) is 8.55. The quantitative estimate of drug-likeness (QED) is 0.869. The lowest BCUT2D eigenvalue weighted by Gasteiger charge is -2.52. The van der Waals surface area contributed by atoms with E-state index in [1.54, 1.807) is 6.26 Å². The van der Waals surface area contributed by atoms with Crippen LogP contribution >= 0.6 is 0 Å². The average molecular weight is 257 g/mol. The van der Waals surface area contributed by atoms with Crippen LogP contribution in [-0.4, -0.2) is 17.3 Å². The molecule has 0 saturated heterocycles. The molecule has 1 saturated carbocycles. The van der Waals surface area contributed by atoms with Gasteiger partial charge >= 0.3 is 0 Å². The highest BCUT2D eigenvalue weighted by atomic mass is 16.3. The van der Waals surface area contributed by atoms with Gasteiger partial charge in [0, 0.05) is 22.9 Å². The van der Waals surface area contributed by atoms with Gasteiger partial charge in [-0.2, -0.15) is 0 Å². The van der Waals surface area contributed by atoms with Gasteiger partial charge in [0.15, 0.2) is 0 Å². The molecular weight excluding hydrogens is 238 g/mol. The highest BCUT2D eigenvalue weighted by molar-refractivity contribution is 5.85. The predicted molar refractivity (Wildman–Crippen MR) is 74.1 cm³/mol. The maximum Gasteiger partial charge on any atom is 0.138 e. The molecule has 2 aromatic rings. The second-order valence-electron chi connectivity index (χ2n) is 6.14. The molecule has 1 aromatic heterocycles. The number of nitrogens with two attached hydrogens (primary N) is 1. The van der Waals surface area contributed by atoms with Crippen LogP contribution in [0.1, 0.15) is 36.8 Å². The van der Waals surface area contributed by atoms with E-state index in [0.717, 1.165) is 43.1 Å². The normalized spacial score (nSPS) is 28.3. The molecule has 1 aromatic carbocycles. The lowest BCUT2D eigenvalue weighted by atomic mass is 9.54. The van der Waals surface area contributed by atoms with Crippen molar-refractivity contribution in [2.75, 3.05) is 6.54 Å². The number of hydrogen-bond acceptors (Lipinski definition) is 3. The maximum atomic E-state index is 11.1. The Morgan fingerprint density at radius 1 is 1.21 bits per heavy atom. The zero-order chi connectivity index (χ0) is 13.1. The summed E-state index contributed by atoms with van der Waals surface area (Å²) in [6, 6.07) is 6.23. The van der Waals surface area contributed by atoms with Gasteiger partial charge in [0.2, 0.25) is 0 Å². The second-order valence-corrected chi connectivity index (χ2v) is 6.14. The van der Waals surface area contributed by atoms with Gasteiger partial charge in [-0.1, -0.05) is 25.0 Å². The fourth-order valence-electron chi connectivity index (χ4n) is 4.25. The zero-order valence-corrected chi connectivity index (χ0v) is 11.0. The molecule has 1 atom stereocenters. The minimum atomic E-state index is -0.643. The van der Waals surface area contributed by atoms with Crippen molar-refractivity contribution in [2.24, 2.45) is 5.73 Å². The summed E-state index contributed by atoms with van der Waals surface area (Å²) in [6.45, 7) is 0.496. The molecule has 2 aliphatic rings. The predicted octanol–water partition coefficient (Wildman–Crippen LogP) is 2.49. The number of fused-ring (bicyclic) bond motifs is 3. The van der Waals surface area contributed by atoms with E-state index in [2.05, 4.69) is 12.1 Å². The Bertz CT molecular complexity index is 639. The van der Waals surface area contributed by atoms with Crippen LogP contribution in [0.2, 0.25) is 0 Å². The van der Waals surface area contributed by atoms with Gasteiger partial charge in [0.25, 0.3) is 0 Å². The molecule has 1 unspecified atom stereocenters. The molecule has 0 radical (unpaired) electrons. The molecule has 1 heterocycles. The van der Waals surface area contributed by atoms with Gasteiger partial charge in [0.05, 0.1) is 11.9 Å². The summed E-state index contributed by atoms with van der Waals surface area (Å²) in [6.07, 6.45) is 6.53. The Kier molecular flexibility index (Phi) is 2.19. The standard InChI is InChI=1S/C16H19NO2/c17-10-15(16(18)6-1-2-7-16)9-12-4-3-11-5-8-19-14(11)13(12)15/h3-5,8,18H,1-2,6-7,9-10,17H2. The molecule has 3 N–H and O–H groups in total. The van der Waals surface area contributed by atoms with E-state index in [0.29, 0.717) is 6.54 Å². The van der Waals surface area contributed by atoms with Crippen LogP contribution in [0.3, 0.4) is 0 Å². The van der Waals surface area contributed by atoms with E-state index >= 15 is 0 Å². The summed E-state index contributed by atoms with van der Waals surface area (Å²) >= 11 is 0. The highest BCUT2D eigenvalue weighted by Gasteiger charge is 2.58. The molecule has 0 bridgehead atoms. The molecule has 0 amide bonds. The first-order valence-corrected chi connectivity index (χ1v) is 7.12. The Morgan fingerprint density at radius 2 is 2.00 bits per heavy atom. The third kappa shape index (κ3) is 1.25. The molecule has 100 valence electrons. The fraction of sp³-hybridized carbons (Fsp3) is 0.500. The van der Waals surface area contributed by atoms with Crippen LogP contribution in [0.4, 0.5) is 0 Å². The van der Waals surface area contributed by atoms with Crippen molar-refractivity contribution in [1.29, 1.82) is 0 Å². The van der Waals surface area contributed by atoms with Gasteiger partial charge in [0.1, 0.15) is 5.58 Å². The Morgan fingerprint density at radius 3 is 2.74 bits per heavy atom. The largest absolute Gasteiger partial charge is 0.464 e. The van der Waals surface area contributed by atoms with Gasteiger partial charge in [-0.25, -0.2) is 0 Å². The van der Waals surface area contributed by atoms with E-state index in [-0.39, 0.29) is 5.41 Å². The van der Waals surface area contributed by atoms with Crippen LogP contribution in [0.25, 0.3) is 11.0 Å². The van der Waals surface area contributed by atoms with Crippen LogP contribution in [-0.2, 0) is 11.8 Å². The Labute approximate surface area is 112 Å². The third-order valence-corrected chi connectivity index (χ3v) is 5.35. The summed E-state index contributed by atoms with van der Waals surface area (Å²) in [4.78, 5) is 0. The van der Waals surface area contributed by atoms with Crippen LogP contribution in [0.15, 0.2) is 28.9 Å². The van der Waals surface area contributed by atoms with Gasteiger partial charge in [-0.15, -0.1) is 0 Å². The molecule has 2 aliphatic carbocycles. The van der Waals surface area contributed by atoms with E-state index in [1.165, 1.54) is 11.1 Å². The molecule has 0 aliphatic heterocycles. The van der Waals surface area contributed by atoms with E-state index in [4.69, 9.17) is 10.2 Å². The smallest absolute Gasteiger partial charge is 0.138 e. The highest BCUT2D eigenvalue weighted by Crippen LogP contribution is 2.55. The SMILES string of the molecule is NCC1(C2(O)CCCC2)Cc2ccc3ccoc3c21. The first kappa shape index (κ1) is 11.5. The number of rotatable bonds is 2. The molecule has 19 heavy (non-hydrogen) atoms. The zero-order valence-electron chi connectivity index (χ0n) is 11.0. The van der Waals surface area contributed by atoms with Crippen molar-refractivity contribution in [3.63, 3.8) is 0 Å². The van der Waals surface area contributed by atoms with E-state index in [9.17, 15) is 5.11 Å². The van der Waals surface area contributed by atoms with Crippen LogP contribution in [0.5, 0.6) is 0 Å². The van der Waals surface area contributed by atoms with Crippen LogP contribution < -0.4 is 5.73 Å². The van der Waals surface area contributed by atoms with Crippen molar-refractivity contribution < 1.29 is 9.52 Å². The molecule has 1 fully saturated rings. The number of benzene rings is 1. The van der Waals surface area contributed by atoms with Gasteiger partial charge in [-0.05, 0) is 30.9 Å². The Balaban J connectivity index is 1.95. The molecule has 3 nitrogen and oxygen atoms in total. The van der Waals surface area contributed by atoms with Gasteiger partial charge in [-0.3, -0.25) is 0 Å². The number of hydrogen-bond donors (Lipinski definition) is 2. The third-order valence-electron chi connectivity index (χ3n) is 5.35. The van der Waals surface area contributed by atoms with Crippen molar-refractivity contribution in [3.8, 4) is 0 Å². The van der Waals surface area contributed by atoms with Gasteiger partial charge < -0.3 is 15.3 Å². The monoisotopic (exact) mass is 257 g/mol. The summed E-state index contributed by atoms with van der Waals surface area (Å²) < 4.78 is 5.68. The van der Waals surface area contributed by atoms with Crippen molar-refractivity contribution in [1.82, 2.24) is 0 Å². The maximum absolute atomic E-state index is 11.1. The van der Waals surface area contributed by atoms with Crippen molar-refractivity contribution in [3.05, 3.63) is 35.6 Å². The number of aliphatic hydroxyl groups is 1. The summed E-state index contributed by atoms with van der Waals surface area (Å²) in [5.74, 6) is 0. The fourth-order valence-corrected chi connectivity index (χ4v) is 4.25. The first-order valence-electron chi connectivity index (χ1n) is 7.12. The molecule has 3 heteroatoms. The minimum Gasteiger partial charge on any atom is -0.464 e. The Hall–Kier alpha value is -1.32. The van der Waals surface area contributed by atoms with Crippen LogP contribution in [0, 0.1) is 0 Å². The first-order chi connectivity index (χ1) is 9.20. The van der Waals surface area contributed by atoms with E-state index in [1.807, 2.05) is 6.07 Å². The molecular formula is C16H19NO2. The minimum absolute atomic E-state index is 0.295. The summed E-state index contributed by atoms with van der Waals surface area (Å²) in [7, 11) is 0. The van der Waals surface area contributed by atoms with Crippen molar-refractivity contribution >= 4 is 11.0 Å². The molecule has 0 spiro atoms. The molecule has 4 rings (SSSR count). The summed E-state index contributed by atoms with van der Waals surface area (Å²) in [5, 5.41) is 12.2.